The van der Waals surface area contributed by atoms with Gasteiger partial charge in [0, 0.05) is 5.02 Å². The van der Waals surface area contributed by atoms with Gasteiger partial charge in [0.05, 0.1) is 12.2 Å². The number of halogens is 2. The summed E-state index contributed by atoms with van der Waals surface area (Å²) in [6, 6.07) is 4.37. The number of pyridine rings is 1. The van der Waals surface area contributed by atoms with Gasteiger partial charge in [-0.05, 0) is 19.1 Å². The standard InChI is InChI=1S/C14H9Cl2N7OS/c1-7(21-13(24)10-2-8(15)3-11(16)22-10)12-19-6-20-23(12)14-18-5-9(4-17)25-14/h2-3,5-7H,1H3,(H,21,24)/t7-/m0/s1. The van der Waals surface area contributed by atoms with Crippen molar-refractivity contribution in [1.82, 2.24) is 30.0 Å². The number of amides is 1. The Kier molecular flexibility index (Phi) is 4.94. The number of nitriles is 1. The first-order valence-corrected chi connectivity index (χ1v) is 8.45. The van der Waals surface area contributed by atoms with Crippen molar-refractivity contribution >= 4 is 40.4 Å². The summed E-state index contributed by atoms with van der Waals surface area (Å²) in [6.45, 7) is 1.74. The van der Waals surface area contributed by atoms with Gasteiger partial charge in [0.15, 0.2) is 5.82 Å². The molecule has 3 rings (SSSR count). The molecule has 1 N–H and O–H groups in total. The Morgan fingerprint density at radius 1 is 1.40 bits per heavy atom. The predicted molar refractivity (Wildman–Crippen MR) is 91.9 cm³/mol. The van der Waals surface area contributed by atoms with Gasteiger partial charge in [-0.2, -0.15) is 15.0 Å². The Morgan fingerprint density at radius 2 is 2.20 bits per heavy atom. The molecule has 126 valence electrons. The summed E-state index contributed by atoms with van der Waals surface area (Å²) in [6.07, 6.45) is 2.80. The number of nitrogens with one attached hydrogen (secondary N) is 1. The highest BCUT2D eigenvalue weighted by atomic mass is 35.5. The number of hydrogen-bond donors (Lipinski definition) is 1. The van der Waals surface area contributed by atoms with Crippen LogP contribution in [-0.2, 0) is 0 Å². The summed E-state index contributed by atoms with van der Waals surface area (Å²) in [5.41, 5.74) is 0.0939. The molecule has 3 aromatic rings. The Morgan fingerprint density at radius 3 is 2.88 bits per heavy atom. The first kappa shape index (κ1) is 17.3. The molecule has 0 saturated carbocycles. The molecular formula is C14H9Cl2N7OS. The second-order valence-electron chi connectivity index (χ2n) is 4.84. The fourth-order valence-electron chi connectivity index (χ4n) is 2.02. The molecule has 0 aliphatic rings. The first-order chi connectivity index (χ1) is 12.0. The van der Waals surface area contributed by atoms with Crippen molar-refractivity contribution in [1.29, 1.82) is 5.26 Å². The van der Waals surface area contributed by atoms with E-state index in [0.717, 1.165) is 0 Å². The maximum Gasteiger partial charge on any atom is 0.270 e. The van der Waals surface area contributed by atoms with Crippen LogP contribution in [0, 0.1) is 11.3 Å². The number of carbonyl (C=O) groups is 1. The summed E-state index contributed by atoms with van der Waals surface area (Å²) in [7, 11) is 0. The minimum Gasteiger partial charge on any atom is -0.341 e. The van der Waals surface area contributed by atoms with Crippen molar-refractivity contribution in [2.45, 2.75) is 13.0 Å². The number of rotatable bonds is 4. The molecule has 0 unspecified atom stereocenters. The van der Waals surface area contributed by atoms with E-state index < -0.39 is 11.9 Å². The fourth-order valence-corrected chi connectivity index (χ4v) is 3.18. The van der Waals surface area contributed by atoms with Crippen molar-refractivity contribution in [3.8, 4) is 11.2 Å². The van der Waals surface area contributed by atoms with Crippen LogP contribution in [0.2, 0.25) is 10.2 Å². The third-order valence-corrected chi connectivity index (χ3v) is 4.37. The van der Waals surface area contributed by atoms with Gasteiger partial charge in [0.1, 0.15) is 28.1 Å². The molecule has 1 amide bonds. The predicted octanol–water partition coefficient (Wildman–Crippen LogP) is 2.79. The average molecular weight is 394 g/mol. The van der Waals surface area contributed by atoms with Crippen LogP contribution in [0.25, 0.3) is 5.13 Å². The Hall–Kier alpha value is -2.54. The van der Waals surface area contributed by atoms with E-state index in [-0.39, 0.29) is 10.8 Å². The van der Waals surface area contributed by atoms with Gasteiger partial charge in [-0.1, -0.05) is 34.5 Å². The van der Waals surface area contributed by atoms with E-state index in [4.69, 9.17) is 28.5 Å². The summed E-state index contributed by atoms with van der Waals surface area (Å²) in [5, 5.41) is 16.7. The Labute approximate surface area is 156 Å². The molecular weight excluding hydrogens is 385 g/mol. The van der Waals surface area contributed by atoms with E-state index in [0.29, 0.717) is 20.9 Å². The number of thiazole rings is 1. The quantitative estimate of drug-likeness (QED) is 0.682. The molecule has 0 bridgehead atoms. The lowest BCUT2D eigenvalue weighted by molar-refractivity contribution is 0.0933. The van der Waals surface area contributed by atoms with Gasteiger partial charge >= 0.3 is 0 Å². The minimum absolute atomic E-state index is 0.0939. The normalized spacial score (nSPS) is 11.8. The van der Waals surface area contributed by atoms with E-state index >= 15 is 0 Å². The molecule has 0 aromatic carbocycles. The molecule has 25 heavy (non-hydrogen) atoms. The van der Waals surface area contributed by atoms with Gasteiger partial charge in [-0.25, -0.2) is 15.0 Å². The highest BCUT2D eigenvalue weighted by molar-refractivity contribution is 7.14. The fraction of sp³-hybridized carbons (Fsp3) is 0.143. The van der Waals surface area contributed by atoms with Crippen LogP contribution < -0.4 is 5.32 Å². The Bertz CT molecular complexity index is 957. The number of hydrogen-bond acceptors (Lipinski definition) is 7. The summed E-state index contributed by atoms with van der Waals surface area (Å²) in [5.74, 6) is 0.00335. The number of nitrogens with zero attached hydrogens (tertiary/aromatic N) is 6. The van der Waals surface area contributed by atoms with Gasteiger partial charge < -0.3 is 5.32 Å². The third kappa shape index (κ3) is 3.76. The zero-order chi connectivity index (χ0) is 18.0. The Balaban J connectivity index is 1.82. The highest BCUT2D eigenvalue weighted by Gasteiger charge is 2.20. The summed E-state index contributed by atoms with van der Waals surface area (Å²) < 4.78 is 1.47. The molecule has 0 fully saturated rings. The number of carbonyl (C=O) groups excluding carboxylic acids is 1. The molecule has 11 heteroatoms. The molecule has 0 aliphatic heterocycles. The molecule has 3 heterocycles. The van der Waals surface area contributed by atoms with Gasteiger partial charge in [0.2, 0.25) is 5.13 Å². The van der Waals surface area contributed by atoms with Gasteiger partial charge in [-0.15, -0.1) is 0 Å². The van der Waals surface area contributed by atoms with Crippen LogP contribution in [0.4, 0.5) is 0 Å². The zero-order valence-corrected chi connectivity index (χ0v) is 15.0. The smallest absolute Gasteiger partial charge is 0.270 e. The maximum atomic E-state index is 12.3. The van der Waals surface area contributed by atoms with Crippen molar-refractivity contribution in [2.24, 2.45) is 0 Å². The van der Waals surface area contributed by atoms with Crippen LogP contribution in [-0.4, -0.2) is 30.6 Å². The van der Waals surface area contributed by atoms with Crippen molar-refractivity contribution in [3.05, 3.63) is 51.2 Å². The zero-order valence-electron chi connectivity index (χ0n) is 12.6. The molecule has 0 radical (unpaired) electrons. The van der Waals surface area contributed by atoms with Crippen LogP contribution in [0.5, 0.6) is 0 Å². The van der Waals surface area contributed by atoms with Crippen molar-refractivity contribution < 1.29 is 4.79 Å². The van der Waals surface area contributed by atoms with E-state index in [1.807, 2.05) is 6.07 Å². The van der Waals surface area contributed by atoms with Crippen LogP contribution in [0.15, 0.2) is 24.7 Å². The van der Waals surface area contributed by atoms with Crippen LogP contribution in [0.3, 0.4) is 0 Å². The lowest BCUT2D eigenvalue weighted by Crippen LogP contribution is -2.29. The van der Waals surface area contributed by atoms with Gasteiger partial charge in [-0.3, -0.25) is 4.79 Å². The maximum absolute atomic E-state index is 12.3. The molecule has 3 aromatic heterocycles. The van der Waals surface area contributed by atoms with Gasteiger partial charge in [0.25, 0.3) is 5.91 Å². The van der Waals surface area contributed by atoms with Crippen molar-refractivity contribution in [3.63, 3.8) is 0 Å². The summed E-state index contributed by atoms with van der Waals surface area (Å²) >= 11 is 12.9. The summed E-state index contributed by atoms with van der Waals surface area (Å²) in [4.78, 5) is 25.0. The lowest BCUT2D eigenvalue weighted by atomic mass is 10.2. The van der Waals surface area contributed by atoms with Crippen LogP contribution in [0.1, 0.15) is 34.2 Å². The highest BCUT2D eigenvalue weighted by Crippen LogP contribution is 2.20. The SMILES string of the molecule is C[C@H](NC(=O)c1cc(Cl)cc(Cl)n1)c1ncnn1-c1ncc(C#N)s1. The van der Waals surface area contributed by atoms with Crippen molar-refractivity contribution in [2.75, 3.05) is 0 Å². The van der Waals surface area contributed by atoms with E-state index in [1.54, 1.807) is 6.92 Å². The number of aromatic nitrogens is 5. The molecule has 0 saturated heterocycles. The van der Waals surface area contributed by atoms with E-state index in [1.165, 1.54) is 40.7 Å². The monoisotopic (exact) mass is 393 g/mol. The molecule has 8 nitrogen and oxygen atoms in total. The lowest BCUT2D eigenvalue weighted by Gasteiger charge is -2.13. The van der Waals surface area contributed by atoms with E-state index in [9.17, 15) is 4.79 Å². The first-order valence-electron chi connectivity index (χ1n) is 6.88. The second-order valence-corrected chi connectivity index (χ2v) is 6.67. The van der Waals surface area contributed by atoms with Crippen LogP contribution >= 0.6 is 34.5 Å². The largest absolute Gasteiger partial charge is 0.341 e. The average Bonchev–Trinajstić information content (AvgIpc) is 3.22. The molecule has 1 atom stereocenters. The minimum atomic E-state index is -0.496. The topological polar surface area (TPSA) is 109 Å². The molecule has 0 spiro atoms. The van der Waals surface area contributed by atoms with E-state index in [2.05, 4.69) is 25.4 Å². The third-order valence-electron chi connectivity index (χ3n) is 3.09. The molecule has 0 aliphatic carbocycles. The second kappa shape index (κ2) is 7.14.